The summed E-state index contributed by atoms with van der Waals surface area (Å²) < 4.78 is 0.461. The van der Waals surface area contributed by atoms with E-state index in [9.17, 15) is 0 Å². The summed E-state index contributed by atoms with van der Waals surface area (Å²) in [7, 11) is 0. The van der Waals surface area contributed by atoms with Crippen molar-refractivity contribution in [2.45, 2.75) is 56.7 Å². The molecule has 17 heavy (non-hydrogen) atoms. The maximum Gasteiger partial charge on any atom is 0.0231 e. The molecule has 2 nitrogen and oxygen atoms in total. The molecule has 0 aromatic rings. The van der Waals surface area contributed by atoms with Crippen LogP contribution < -0.4 is 5.32 Å². The fourth-order valence-electron chi connectivity index (χ4n) is 3.04. The molecular formula is C14H28N2S. The lowest BCUT2D eigenvalue weighted by molar-refractivity contribution is 0.250. The molecular weight excluding hydrogens is 228 g/mol. The minimum absolute atomic E-state index is 0.461. The van der Waals surface area contributed by atoms with Crippen molar-refractivity contribution >= 4 is 11.8 Å². The van der Waals surface area contributed by atoms with Gasteiger partial charge in [0.1, 0.15) is 0 Å². The van der Waals surface area contributed by atoms with Crippen molar-refractivity contribution < 1.29 is 0 Å². The predicted molar refractivity (Wildman–Crippen MR) is 77.9 cm³/mol. The second-order valence-electron chi connectivity index (χ2n) is 6.17. The van der Waals surface area contributed by atoms with Crippen LogP contribution in [0.4, 0.5) is 0 Å². The van der Waals surface area contributed by atoms with E-state index in [1.807, 2.05) is 0 Å². The highest BCUT2D eigenvalue weighted by Gasteiger charge is 2.26. The monoisotopic (exact) mass is 256 g/mol. The second kappa shape index (κ2) is 6.44. The van der Waals surface area contributed by atoms with E-state index in [1.165, 1.54) is 64.0 Å². The van der Waals surface area contributed by atoms with Gasteiger partial charge >= 0.3 is 0 Å². The number of nitrogens with one attached hydrogen (secondary N) is 1. The topological polar surface area (TPSA) is 15.3 Å². The standard InChI is InChI=1S/C14H28N2S/c1-14(2)12-16(10-11-17-14)9-8-15-13-6-4-3-5-7-13/h13,15H,3-12H2,1-2H3. The Morgan fingerprint density at radius 2 is 2.00 bits per heavy atom. The summed E-state index contributed by atoms with van der Waals surface area (Å²) in [6.07, 6.45) is 7.13. The number of thioether (sulfide) groups is 1. The summed E-state index contributed by atoms with van der Waals surface area (Å²) >= 11 is 2.12. The lowest BCUT2D eigenvalue weighted by Crippen LogP contribution is -2.46. The fourth-order valence-corrected chi connectivity index (χ4v) is 4.21. The van der Waals surface area contributed by atoms with E-state index < -0.39 is 0 Å². The molecule has 1 saturated carbocycles. The summed E-state index contributed by atoms with van der Waals surface area (Å²) in [5.74, 6) is 1.30. The van der Waals surface area contributed by atoms with Gasteiger partial charge in [-0.1, -0.05) is 19.3 Å². The normalized spacial score (nSPS) is 27.2. The van der Waals surface area contributed by atoms with Crippen molar-refractivity contribution in [2.75, 3.05) is 31.9 Å². The maximum atomic E-state index is 3.75. The number of hydrogen-bond donors (Lipinski definition) is 1. The molecule has 1 heterocycles. The lowest BCUT2D eigenvalue weighted by Gasteiger charge is -2.37. The van der Waals surface area contributed by atoms with Crippen LogP contribution in [0.25, 0.3) is 0 Å². The minimum Gasteiger partial charge on any atom is -0.313 e. The highest BCUT2D eigenvalue weighted by Crippen LogP contribution is 2.29. The fraction of sp³-hybridized carbons (Fsp3) is 1.00. The van der Waals surface area contributed by atoms with Gasteiger partial charge in [0.05, 0.1) is 0 Å². The van der Waals surface area contributed by atoms with E-state index in [-0.39, 0.29) is 0 Å². The Morgan fingerprint density at radius 1 is 1.24 bits per heavy atom. The van der Waals surface area contributed by atoms with E-state index >= 15 is 0 Å². The number of nitrogens with zero attached hydrogens (tertiary/aromatic N) is 1. The predicted octanol–water partition coefficient (Wildman–Crippen LogP) is 2.74. The van der Waals surface area contributed by atoms with Crippen LogP contribution in [0.2, 0.25) is 0 Å². The van der Waals surface area contributed by atoms with E-state index in [1.54, 1.807) is 0 Å². The van der Waals surface area contributed by atoms with Crippen LogP contribution in [0.5, 0.6) is 0 Å². The van der Waals surface area contributed by atoms with Crippen LogP contribution in [0, 0.1) is 0 Å². The molecule has 0 unspecified atom stereocenters. The average Bonchev–Trinajstić information content (AvgIpc) is 2.29. The van der Waals surface area contributed by atoms with Gasteiger partial charge in [-0.25, -0.2) is 0 Å². The van der Waals surface area contributed by atoms with Gasteiger partial charge in [0, 0.05) is 42.7 Å². The third-order valence-electron chi connectivity index (χ3n) is 3.97. The highest BCUT2D eigenvalue weighted by molar-refractivity contribution is 8.00. The third kappa shape index (κ3) is 4.80. The van der Waals surface area contributed by atoms with E-state index in [2.05, 4.69) is 35.8 Å². The maximum absolute atomic E-state index is 3.75. The number of rotatable bonds is 4. The van der Waals surface area contributed by atoms with Gasteiger partial charge in [-0.3, -0.25) is 4.90 Å². The smallest absolute Gasteiger partial charge is 0.0231 e. The van der Waals surface area contributed by atoms with Crippen molar-refractivity contribution in [3.63, 3.8) is 0 Å². The summed E-state index contributed by atoms with van der Waals surface area (Å²) in [5, 5.41) is 3.75. The van der Waals surface area contributed by atoms with Gasteiger partial charge in [0.2, 0.25) is 0 Å². The molecule has 2 rings (SSSR count). The molecule has 1 aliphatic carbocycles. The van der Waals surface area contributed by atoms with Crippen LogP contribution in [-0.2, 0) is 0 Å². The Morgan fingerprint density at radius 3 is 2.71 bits per heavy atom. The molecule has 100 valence electrons. The molecule has 0 atom stereocenters. The zero-order valence-electron chi connectivity index (χ0n) is 11.5. The largest absolute Gasteiger partial charge is 0.313 e. The van der Waals surface area contributed by atoms with Gasteiger partial charge in [-0.2, -0.15) is 11.8 Å². The van der Waals surface area contributed by atoms with Crippen LogP contribution in [0.1, 0.15) is 46.0 Å². The molecule has 2 fully saturated rings. The van der Waals surface area contributed by atoms with Gasteiger partial charge in [0.25, 0.3) is 0 Å². The van der Waals surface area contributed by atoms with Crippen LogP contribution >= 0.6 is 11.8 Å². The summed E-state index contributed by atoms with van der Waals surface area (Å²) in [4.78, 5) is 2.63. The van der Waals surface area contributed by atoms with Crippen molar-refractivity contribution in [1.29, 1.82) is 0 Å². The first-order chi connectivity index (χ1) is 8.16. The quantitative estimate of drug-likeness (QED) is 0.832. The SMILES string of the molecule is CC1(C)CN(CCNC2CCCCC2)CCS1. The first kappa shape index (κ1) is 13.7. The van der Waals surface area contributed by atoms with E-state index in [4.69, 9.17) is 0 Å². The highest BCUT2D eigenvalue weighted by atomic mass is 32.2. The Bertz CT molecular complexity index is 224. The van der Waals surface area contributed by atoms with Crippen molar-refractivity contribution in [3.8, 4) is 0 Å². The zero-order valence-corrected chi connectivity index (χ0v) is 12.3. The second-order valence-corrected chi connectivity index (χ2v) is 7.98. The first-order valence-corrected chi connectivity index (χ1v) is 8.24. The van der Waals surface area contributed by atoms with Crippen LogP contribution in [0.15, 0.2) is 0 Å². The van der Waals surface area contributed by atoms with Gasteiger partial charge in [0.15, 0.2) is 0 Å². The summed E-state index contributed by atoms with van der Waals surface area (Å²) in [5.41, 5.74) is 0. The molecule has 1 N–H and O–H groups in total. The molecule has 3 heteroatoms. The molecule has 0 radical (unpaired) electrons. The van der Waals surface area contributed by atoms with Gasteiger partial charge in [-0.15, -0.1) is 0 Å². The molecule has 0 aromatic heterocycles. The minimum atomic E-state index is 0.461. The van der Waals surface area contributed by atoms with Gasteiger partial charge in [-0.05, 0) is 26.7 Å². The lowest BCUT2D eigenvalue weighted by atomic mass is 9.95. The molecule has 2 aliphatic rings. The number of hydrogen-bond acceptors (Lipinski definition) is 3. The van der Waals surface area contributed by atoms with Crippen molar-refractivity contribution in [2.24, 2.45) is 0 Å². The van der Waals surface area contributed by atoms with Crippen molar-refractivity contribution in [3.05, 3.63) is 0 Å². The Labute approximate surface area is 111 Å². The molecule has 0 bridgehead atoms. The molecule has 0 amide bonds. The molecule has 1 saturated heterocycles. The average molecular weight is 256 g/mol. The van der Waals surface area contributed by atoms with Crippen LogP contribution in [-0.4, -0.2) is 47.6 Å². The Balaban J connectivity index is 1.61. The molecule has 0 spiro atoms. The Hall–Kier alpha value is 0.270. The first-order valence-electron chi connectivity index (χ1n) is 7.25. The summed E-state index contributed by atoms with van der Waals surface area (Å²) in [6, 6.07) is 0.816. The molecule has 0 aromatic carbocycles. The van der Waals surface area contributed by atoms with Crippen LogP contribution in [0.3, 0.4) is 0 Å². The van der Waals surface area contributed by atoms with E-state index in [0.29, 0.717) is 4.75 Å². The molecule has 1 aliphatic heterocycles. The van der Waals surface area contributed by atoms with E-state index in [0.717, 1.165) is 6.04 Å². The van der Waals surface area contributed by atoms with Gasteiger partial charge < -0.3 is 5.32 Å². The third-order valence-corrected chi connectivity index (χ3v) is 5.27. The summed E-state index contributed by atoms with van der Waals surface area (Å²) in [6.45, 7) is 9.70. The zero-order chi connectivity index (χ0) is 12.1. The Kier molecular flexibility index (Phi) is 5.19. The van der Waals surface area contributed by atoms with Crippen molar-refractivity contribution in [1.82, 2.24) is 10.2 Å².